The third kappa shape index (κ3) is 3.78. The minimum atomic E-state index is -3.54. The van der Waals surface area contributed by atoms with Crippen molar-refractivity contribution < 1.29 is 18.0 Å². The number of likely N-dealkylation sites (N-methyl/N-ethyl adjacent to an activating group) is 1. The Morgan fingerprint density at radius 3 is 2.31 bits per heavy atom. The van der Waals surface area contributed by atoms with E-state index >= 15 is 0 Å². The Kier molecular flexibility index (Phi) is 5.67. The van der Waals surface area contributed by atoms with Crippen LogP contribution in [0, 0.1) is 0 Å². The van der Waals surface area contributed by atoms with E-state index in [0.717, 1.165) is 0 Å². The lowest BCUT2D eigenvalue weighted by Gasteiger charge is -2.32. The molecule has 2 amide bonds. The Labute approximate surface area is 158 Å². The highest BCUT2D eigenvalue weighted by atomic mass is 35.5. The maximum atomic E-state index is 12.7. The van der Waals surface area contributed by atoms with Gasteiger partial charge >= 0.3 is 0 Å². The Morgan fingerprint density at radius 1 is 1.15 bits per heavy atom. The summed E-state index contributed by atoms with van der Waals surface area (Å²) in [6, 6.07) is 5.65. The monoisotopic (exact) mass is 399 g/mol. The van der Waals surface area contributed by atoms with Gasteiger partial charge in [0.2, 0.25) is 21.8 Å². The van der Waals surface area contributed by atoms with Crippen LogP contribution in [0.5, 0.6) is 0 Å². The zero-order chi connectivity index (χ0) is 18.9. The van der Waals surface area contributed by atoms with Crippen molar-refractivity contribution in [3.63, 3.8) is 0 Å². The third-order valence-electron chi connectivity index (χ3n) is 4.90. The number of piperidine rings is 1. The van der Waals surface area contributed by atoms with E-state index in [2.05, 4.69) is 5.32 Å². The van der Waals surface area contributed by atoms with Gasteiger partial charge in [-0.3, -0.25) is 14.5 Å². The second kappa shape index (κ2) is 7.64. The number of halogens is 1. The van der Waals surface area contributed by atoms with Gasteiger partial charge in [-0.2, -0.15) is 4.31 Å². The molecule has 0 radical (unpaired) electrons. The van der Waals surface area contributed by atoms with E-state index in [4.69, 9.17) is 11.6 Å². The molecule has 2 fully saturated rings. The van der Waals surface area contributed by atoms with Crippen molar-refractivity contribution in [3.05, 3.63) is 29.3 Å². The molecule has 2 aliphatic heterocycles. The topological polar surface area (TPSA) is 86.8 Å². The van der Waals surface area contributed by atoms with Gasteiger partial charge in [0.15, 0.2) is 0 Å². The molecule has 3 rings (SSSR count). The standard InChI is InChI=1S/C17H22ClN3O4S/c1-2-21-16(22)11-15(17(21)23)19-13-7-9-20(10-8-13)26(24,25)14-5-3-12(18)4-6-14/h3-6,13,15,19H,2,7-11H2,1H3/t15-/m1/s1. The number of carbonyl (C=O) groups excluding carboxylic acids is 2. The fourth-order valence-corrected chi connectivity index (χ4v) is 5.04. The quantitative estimate of drug-likeness (QED) is 0.752. The minimum Gasteiger partial charge on any atom is -0.303 e. The summed E-state index contributed by atoms with van der Waals surface area (Å²) in [6.45, 7) is 2.90. The number of likely N-dealkylation sites (tertiary alicyclic amines) is 1. The molecule has 9 heteroatoms. The van der Waals surface area contributed by atoms with Crippen molar-refractivity contribution >= 4 is 33.4 Å². The fraction of sp³-hybridized carbons (Fsp3) is 0.529. The number of nitrogens with zero attached hydrogens (tertiary/aromatic N) is 2. The van der Waals surface area contributed by atoms with E-state index in [1.807, 2.05) is 0 Å². The van der Waals surface area contributed by atoms with E-state index in [0.29, 0.717) is 37.5 Å². The van der Waals surface area contributed by atoms with Crippen molar-refractivity contribution in [2.24, 2.45) is 0 Å². The largest absolute Gasteiger partial charge is 0.303 e. The first-order valence-corrected chi connectivity index (χ1v) is 10.5. The first kappa shape index (κ1) is 19.3. The van der Waals surface area contributed by atoms with Crippen LogP contribution in [0.15, 0.2) is 29.2 Å². The van der Waals surface area contributed by atoms with Crippen LogP contribution in [0.4, 0.5) is 0 Å². The molecule has 0 bridgehead atoms. The second-order valence-electron chi connectivity index (χ2n) is 6.53. The summed E-state index contributed by atoms with van der Waals surface area (Å²) in [4.78, 5) is 25.5. The SMILES string of the molecule is CCN1C(=O)C[C@@H](NC2CCN(S(=O)(=O)c3ccc(Cl)cc3)CC2)C1=O. The molecule has 0 saturated carbocycles. The number of carbonyl (C=O) groups is 2. The van der Waals surface area contributed by atoms with E-state index in [-0.39, 0.29) is 29.2 Å². The summed E-state index contributed by atoms with van der Waals surface area (Å²) in [5.74, 6) is -0.341. The summed E-state index contributed by atoms with van der Waals surface area (Å²) < 4.78 is 26.8. The van der Waals surface area contributed by atoms with E-state index in [1.54, 1.807) is 19.1 Å². The summed E-state index contributed by atoms with van der Waals surface area (Å²) in [5, 5.41) is 3.72. The van der Waals surface area contributed by atoms with Gasteiger partial charge in [0, 0.05) is 30.7 Å². The molecule has 2 saturated heterocycles. The number of nitrogens with one attached hydrogen (secondary N) is 1. The first-order chi connectivity index (χ1) is 12.3. The molecular weight excluding hydrogens is 378 g/mol. The molecule has 0 unspecified atom stereocenters. The number of rotatable bonds is 5. The normalized spacial score (nSPS) is 23.0. The molecule has 1 aromatic rings. The molecule has 142 valence electrons. The van der Waals surface area contributed by atoms with Gasteiger partial charge in [-0.1, -0.05) is 11.6 Å². The van der Waals surface area contributed by atoms with Crippen LogP contribution in [0.2, 0.25) is 5.02 Å². The predicted molar refractivity (Wildman–Crippen MR) is 97.2 cm³/mol. The highest BCUT2D eigenvalue weighted by Crippen LogP contribution is 2.23. The minimum absolute atomic E-state index is 0.0187. The van der Waals surface area contributed by atoms with Crippen LogP contribution in [0.1, 0.15) is 26.2 Å². The third-order valence-corrected chi connectivity index (χ3v) is 7.07. The van der Waals surface area contributed by atoms with Gasteiger partial charge in [0.25, 0.3) is 0 Å². The molecule has 0 aromatic heterocycles. The molecule has 7 nitrogen and oxygen atoms in total. The van der Waals surface area contributed by atoms with Gasteiger partial charge in [0.05, 0.1) is 17.4 Å². The molecule has 2 heterocycles. The maximum absolute atomic E-state index is 12.7. The van der Waals surface area contributed by atoms with E-state index in [9.17, 15) is 18.0 Å². The lowest BCUT2D eigenvalue weighted by Crippen LogP contribution is -2.49. The predicted octanol–water partition coefficient (Wildman–Crippen LogP) is 1.23. The molecule has 1 atom stereocenters. The molecule has 0 spiro atoms. The number of sulfonamides is 1. The Balaban J connectivity index is 1.58. The molecule has 0 aliphatic carbocycles. The van der Waals surface area contributed by atoms with Crippen LogP contribution in [0.25, 0.3) is 0 Å². The summed E-state index contributed by atoms with van der Waals surface area (Å²) >= 11 is 5.82. The average Bonchev–Trinajstić information content (AvgIpc) is 2.88. The molecule has 2 aliphatic rings. The Hall–Kier alpha value is -1.48. The summed E-state index contributed by atoms with van der Waals surface area (Å²) in [6.07, 6.45) is 1.36. The molecule has 1 aromatic carbocycles. The number of amides is 2. The van der Waals surface area contributed by atoms with Crippen LogP contribution < -0.4 is 5.32 Å². The molecule has 26 heavy (non-hydrogen) atoms. The second-order valence-corrected chi connectivity index (χ2v) is 8.91. The van der Waals surface area contributed by atoms with Crippen molar-refractivity contribution in [1.82, 2.24) is 14.5 Å². The highest BCUT2D eigenvalue weighted by Gasteiger charge is 2.39. The van der Waals surface area contributed by atoms with Gasteiger partial charge in [-0.15, -0.1) is 0 Å². The van der Waals surface area contributed by atoms with Crippen molar-refractivity contribution in [2.45, 2.75) is 43.2 Å². The van der Waals surface area contributed by atoms with Crippen molar-refractivity contribution in [3.8, 4) is 0 Å². The van der Waals surface area contributed by atoms with Crippen molar-refractivity contribution in [2.75, 3.05) is 19.6 Å². The van der Waals surface area contributed by atoms with E-state index < -0.39 is 16.1 Å². The highest BCUT2D eigenvalue weighted by molar-refractivity contribution is 7.89. The zero-order valence-corrected chi connectivity index (χ0v) is 16.1. The first-order valence-electron chi connectivity index (χ1n) is 8.69. The van der Waals surface area contributed by atoms with Gasteiger partial charge < -0.3 is 5.32 Å². The summed E-state index contributed by atoms with van der Waals surface area (Å²) in [7, 11) is -3.54. The maximum Gasteiger partial charge on any atom is 0.246 e. The lowest BCUT2D eigenvalue weighted by atomic mass is 10.1. The van der Waals surface area contributed by atoms with Gasteiger partial charge in [-0.05, 0) is 44.0 Å². The van der Waals surface area contributed by atoms with Gasteiger partial charge in [0.1, 0.15) is 0 Å². The number of hydrogen-bond acceptors (Lipinski definition) is 5. The van der Waals surface area contributed by atoms with Crippen LogP contribution >= 0.6 is 11.6 Å². The summed E-state index contributed by atoms with van der Waals surface area (Å²) in [5.41, 5.74) is 0. The molecule has 1 N–H and O–H groups in total. The Bertz CT molecular complexity index is 789. The number of imide groups is 1. The Morgan fingerprint density at radius 2 is 1.77 bits per heavy atom. The average molecular weight is 400 g/mol. The molecular formula is C17H22ClN3O4S. The lowest BCUT2D eigenvalue weighted by molar-refractivity contribution is -0.138. The zero-order valence-electron chi connectivity index (χ0n) is 14.5. The number of benzene rings is 1. The smallest absolute Gasteiger partial charge is 0.246 e. The van der Waals surface area contributed by atoms with Crippen molar-refractivity contribution in [1.29, 1.82) is 0 Å². The van der Waals surface area contributed by atoms with Crippen LogP contribution in [-0.2, 0) is 19.6 Å². The van der Waals surface area contributed by atoms with Crippen LogP contribution in [0.3, 0.4) is 0 Å². The van der Waals surface area contributed by atoms with Crippen LogP contribution in [-0.4, -0.2) is 61.2 Å². The van der Waals surface area contributed by atoms with Gasteiger partial charge in [-0.25, -0.2) is 8.42 Å². The van der Waals surface area contributed by atoms with E-state index in [1.165, 1.54) is 21.3 Å². The fourth-order valence-electron chi connectivity index (χ4n) is 3.45. The number of hydrogen-bond donors (Lipinski definition) is 1.